The minimum Gasteiger partial charge on any atom is -0.354 e. The highest BCUT2D eigenvalue weighted by molar-refractivity contribution is 6.10. The summed E-state index contributed by atoms with van der Waals surface area (Å²) in [4.78, 5) is 23.8. The number of anilines is 1. The van der Waals surface area contributed by atoms with E-state index in [-0.39, 0.29) is 12.5 Å². The summed E-state index contributed by atoms with van der Waals surface area (Å²) in [5, 5.41) is 0. The van der Waals surface area contributed by atoms with Gasteiger partial charge >= 0.3 is 0 Å². The third-order valence-electron chi connectivity index (χ3n) is 4.45. The number of amides is 1. The maximum atomic E-state index is 12.6. The number of carbonyl (C=O) groups is 1. The molecule has 5 nitrogen and oxygen atoms in total. The molecule has 0 radical (unpaired) electrons. The molecule has 0 saturated carbocycles. The fourth-order valence-corrected chi connectivity index (χ4v) is 3.20. The lowest BCUT2D eigenvalue weighted by molar-refractivity contribution is -0.117. The van der Waals surface area contributed by atoms with E-state index in [2.05, 4.69) is 41.8 Å². The van der Waals surface area contributed by atoms with E-state index >= 15 is 0 Å². The van der Waals surface area contributed by atoms with E-state index in [0.717, 1.165) is 49.8 Å². The number of aliphatic imine (C=N–C) groups is 1. The topological polar surface area (TPSA) is 39.2 Å². The molecule has 124 valence electrons. The normalized spacial score (nSPS) is 19.7. The number of benzene rings is 1. The second-order valence-electron chi connectivity index (χ2n) is 6.85. The number of amidine groups is 1. The molecule has 0 aromatic heterocycles. The quantitative estimate of drug-likeness (QED) is 0.834. The van der Waals surface area contributed by atoms with Gasteiger partial charge in [0.2, 0.25) is 5.91 Å². The van der Waals surface area contributed by atoms with E-state index in [1.165, 1.54) is 0 Å². The first-order chi connectivity index (χ1) is 11.1. The van der Waals surface area contributed by atoms with Crippen molar-refractivity contribution < 1.29 is 4.79 Å². The molecule has 0 spiro atoms. The standard InChI is InChI=1S/C18H26N4O/c1-14(2)13-22-16-7-5-4-6-15(16)18(19-12-17(22)23)21-10-8-20(3)9-11-21/h4-7,14H,8-13H2,1-3H3. The smallest absolute Gasteiger partial charge is 0.248 e. The van der Waals surface area contributed by atoms with Crippen LogP contribution in [0.3, 0.4) is 0 Å². The van der Waals surface area contributed by atoms with Gasteiger partial charge in [-0.1, -0.05) is 26.0 Å². The van der Waals surface area contributed by atoms with Crippen LogP contribution in [0.4, 0.5) is 5.69 Å². The zero-order valence-corrected chi connectivity index (χ0v) is 14.3. The van der Waals surface area contributed by atoms with Crippen molar-refractivity contribution in [3.05, 3.63) is 29.8 Å². The number of carbonyl (C=O) groups excluding carboxylic acids is 1. The highest BCUT2D eigenvalue weighted by Gasteiger charge is 2.28. The molecule has 2 aliphatic rings. The minimum absolute atomic E-state index is 0.0928. The van der Waals surface area contributed by atoms with Crippen molar-refractivity contribution in [3.8, 4) is 0 Å². The van der Waals surface area contributed by atoms with Crippen molar-refractivity contribution in [1.29, 1.82) is 0 Å². The minimum atomic E-state index is 0.0928. The van der Waals surface area contributed by atoms with Crippen molar-refractivity contribution in [2.24, 2.45) is 10.9 Å². The summed E-state index contributed by atoms with van der Waals surface area (Å²) in [5.41, 5.74) is 2.09. The van der Waals surface area contributed by atoms with Gasteiger partial charge in [0.15, 0.2) is 0 Å². The van der Waals surface area contributed by atoms with Crippen LogP contribution in [-0.2, 0) is 4.79 Å². The van der Waals surface area contributed by atoms with E-state index < -0.39 is 0 Å². The third-order valence-corrected chi connectivity index (χ3v) is 4.45. The number of benzodiazepines with no additional fused rings is 1. The maximum absolute atomic E-state index is 12.6. The average Bonchev–Trinajstić information content (AvgIpc) is 2.66. The van der Waals surface area contributed by atoms with Gasteiger partial charge in [0.25, 0.3) is 0 Å². The van der Waals surface area contributed by atoms with E-state index in [0.29, 0.717) is 5.92 Å². The molecule has 1 amide bonds. The molecule has 2 aliphatic heterocycles. The van der Waals surface area contributed by atoms with Crippen LogP contribution in [0.15, 0.2) is 29.3 Å². The molecule has 23 heavy (non-hydrogen) atoms. The molecule has 1 fully saturated rings. The number of fused-ring (bicyclic) bond motifs is 1. The van der Waals surface area contributed by atoms with Gasteiger partial charge in [0.05, 0.1) is 5.69 Å². The zero-order valence-electron chi connectivity index (χ0n) is 14.3. The van der Waals surface area contributed by atoms with Crippen LogP contribution in [0.1, 0.15) is 19.4 Å². The van der Waals surface area contributed by atoms with E-state index in [1.54, 1.807) is 0 Å². The van der Waals surface area contributed by atoms with Gasteiger partial charge < -0.3 is 14.7 Å². The first-order valence-electron chi connectivity index (χ1n) is 8.44. The molecule has 1 aromatic carbocycles. The Morgan fingerprint density at radius 1 is 1.13 bits per heavy atom. The summed E-state index contributed by atoms with van der Waals surface area (Å²) in [6.45, 7) is 9.25. The van der Waals surface area contributed by atoms with Crippen LogP contribution in [0, 0.1) is 5.92 Å². The van der Waals surface area contributed by atoms with Gasteiger partial charge in [-0.15, -0.1) is 0 Å². The highest BCUT2D eigenvalue weighted by Crippen LogP contribution is 2.26. The SMILES string of the molecule is CC(C)CN1C(=O)CN=C(N2CCN(C)CC2)c2ccccc21. The molecule has 0 atom stereocenters. The Bertz CT molecular complexity index is 603. The number of likely N-dealkylation sites (N-methyl/N-ethyl adjacent to an activating group) is 1. The van der Waals surface area contributed by atoms with Crippen LogP contribution >= 0.6 is 0 Å². The Hall–Kier alpha value is -1.88. The molecule has 1 saturated heterocycles. The second kappa shape index (κ2) is 6.71. The predicted octanol–water partition coefficient (Wildman–Crippen LogP) is 1.68. The van der Waals surface area contributed by atoms with E-state index in [9.17, 15) is 4.79 Å². The molecule has 5 heteroatoms. The average molecular weight is 314 g/mol. The molecular weight excluding hydrogens is 288 g/mol. The Morgan fingerprint density at radius 2 is 1.83 bits per heavy atom. The molecule has 2 heterocycles. The second-order valence-corrected chi connectivity index (χ2v) is 6.85. The summed E-state index contributed by atoms with van der Waals surface area (Å²) in [6, 6.07) is 8.19. The molecule has 3 rings (SSSR count). The largest absolute Gasteiger partial charge is 0.354 e. The maximum Gasteiger partial charge on any atom is 0.248 e. The zero-order chi connectivity index (χ0) is 16.4. The summed E-state index contributed by atoms with van der Waals surface area (Å²) in [7, 11) is 2.15. The van der Waals surface area contributed by atoms with Crippen molar-refractivity contribution in [2.45, 2.75) is 13.8 Å². The lowest BCUT2D eigenvalue weighted by Gasteiger charge is -2.35. The first-order valence-corrected chi connectivity index (χ1v) is 8.44. The van der Waals surface area contributed by atoms with Crippen molar-refractivity contribution in [3.63, 3.8) is 0 Å². The Morgan fingerprint density at radius 3 is 2.52 bits per heavy atom. The summed E-state index contributed by atoms with van der Waals surface area (Å²) < 4.78 is 0. The summed E-state index contributed by atoms with van der Waals surface area (Å²) in [6.07, 6.45) is 0. The molecule has 0 aliphatic carbocycles. The third kappa shape index (κ3) is 3.39. The van der Waals surface area contributed by atoms with Gasteiger partial charge in [-0.05, 0) is 25.1 Å². The van der Waals surface area contributed by atoms with Crippen molar-refractivity contribution in [2.75, 3.05) is 51.2 Å². The van der Waals surface area contributed by atoms with Gasteiger partial charge in [-0.25, -0.2) is 0 Å². The van der Waals surface area contributed by atoms with Gasteiger partial charge in [-0.3, -0.25) is 9.79 Å². The Labute approximate surface area is 138 Å². The van der Waals surface area contributed by atoms with Crippen LogP contribution in [0.2, 0.25) is 0 Å². The van der Waals surface area contributed by atoms with Crippen molar-refractivity contribution in [1.82, 2.24) is 9.80 Å². The Balaban J connectivity index is 1.96. The highest BCUT2D eigenvalue weighted by atomic mass is 16.2. The molecule has 1 aromatic rings. The van der Waals surface area contributed by atoms with Crippen molar-refractivity contribution >= 4 is 17.4 Å². The molecule has 0 N–H and O–H groups in total. The monoisotopic (exact) mass is 314 g/mol. The van der Waals surface area contributed by atoms with Gasteiger partial charge in [0, 0.05) is 38.3 Å². The molecule has 0 bridgehead atoms. The van der Waals surface area contributed by atoms with Gasteiger partial charge in [-0.2, -0.15) is 0 Å². The lowest BCUT2D eigenvalue weighted by Crippen LogP contribution is -2.47. The summed E-state index contributed by atoms with van der Waals surface area (Å²) in [5.74, 6) is 1.50. The number of piperazine rings is 1. The van der Waals surface area contributed by atoms with E-state index in [1.807, 2.05) is 23.1 Å². The number of hydrogen-bond acceptors (Lipinski definition) is 4. The number of hydrogen-bond donors (Lipinski definition) is 0. The molecular formula is C18H26N4O. The lowest BCUT2D eigenvalue weighted by atomic mass is 10.1. The van der Waals surface area contributed by atoms with Crippen LogP contribution < -0.4 is 4.90 Å². The molecule has 0 unspecified atom stereocenters. The van der Waals surface area contributed by atoms with E-state index in [4.69, 9.17) is 0 Å². The van der Waals surface area contributed by atoms with Gasteiger partial charge in [0.1, 0.15) is 12.4 Å². The van der Waals surface area contributed by atoms with Crippen LogP contribution in [-0.4, -0.2) is 67.9 Å². The number of para-hydroxylation sites is 1. The number of nitrogens with zero attached hydrogens (tertiary/aromatic N) is 4. The first kappa shape index (κ1) is 16.0. The fraction of sp³-hybridized carbons (Fsp3) is 0.556. The predicted molar refractivity (Wildman–Crippen MR) is 94.1 cm³/mol. The fourth-order valence-electron chi connectivity index (χ4n) is 3.20. The van der Waals surface area contributed by atoms with Crippen LogP contribution in [0.25, 0.3) is 0 Å². The Kier molecular flexibility index (Phi) is 4.66. The van der Waals surface area contributed by atoms with Crippen LogP contribution in [0.5, 0.6) is 0 Å². The summed E-state index contributed by atoms with van der Waals surface area (Å²) >= 11 is 0. The number of rotatable bonds is 2.